The van der Waals surface area contributed by atoms with Crippen molar-refractivity contribution in [2.24, 2.45) is 5.73 Å². The maximum absolute atomic E-state index is 12.0. The van der Waals surface area contributed by atoms with Gasteiger partial charge in [-0.1, -0.05) is 12.1 Å². The molecule has 0 radical (unpaired) electrons. The van der Waals surface area contributed by atoms with Gasteiger partial charge in [0.2, 0.25) is 0 Å². The monoisotopic (exact) mass is 275 g/mol. The molecule has 0 spiro atoms. The van der Waals surface area contributed by atoms with E-state index in [-0.39, 0.29) is 5.91 Å². The Hall–Kier alpha value is -1.72. The summed E-state index contributed by atoms with van der Waals surface area (Å²) in [5, 5.41) is 2.90. The van der Waals surface area contributed by atoms with E-state index in [1.165, 1.54) is 0 Å². The van der Waals surface area contributed by atoms with E-state index in [4.69, 9.17) is 5.73 Å². The number of thiazole rings is 1. The number of carbonyl (C=O) groups is 1. The van der Waals surface area contributed by atoms with Crippen LogP contribution in [0.3, 0.4) is 0 Å². The third kappa shape index (κ3) is 3.62. The van der Waals surface area contributed by atoms with Crippen molar-refractivity contribution < 1.29 is 4.79 Å². The molecule has 2 aromatic rings. The Labute approximate surface area is 116 Å². The van der Waals surface area contributed by atoms with Crippen molar-refractivity contribution in [3.8, 4) is 0 Å². The first-order chi connectivity index (χ1) is 9.20. The number of carbonyl (C=O) groups excluding carboxylic acids is 1. The van der Waals surface area contributed by atoms with E-state index in [1.54, 1.807) is 16.8 Å². The molecule has 4 nitrogen and oxygen atoms in total. The molecule has 0 aliphatic rings. The maximum Gasteiger partial charge on any atom is 0.251 e. The van der Waals surface area contributed by atoms with Crippen molar-refractivity contribution in [2.45, 2.75) is 19.9 Å². The number of rotatable bonds is 5. The van der Waals surface area contributed by atoms with E-state index >= 15 is 0 Å². The topological polar surface area (TPSA) is 68.0 Å². The zero-order valence-corrected chi connectivity index (χ0v) is 11.7. The van der Waals surface area contributed by atoms with Crippen LogP contribution in [-0.2, 0) is 13.0 Å². The van der Waals surface area contributed by atoms with Gasteiger partial charge in [0, 0.05) is 10.4 Å². The fraction of sp³-hybridized carbons (Fsp3) is 0.286. The first kappa shape index (κ1) is 13.7. The summed E-state index contributed by atoms with van der Waals surface area (Å²) in [5.74, 6) is -0.0629. The summed E-state index contributed by atoms with van der Waals surface area (Å²) in [6.07, 6.45) is 0.835. The second-order valence-corrected chi connectivity index (χ2v) is 5.22. The van der Waals surface area contributed by atoms with Crippen LogP contribution in [0.1, 0.15) is 26.5 Å². The summed E-state index contributed by atoms with van der Waals surface area (Å²) in [4.78, 5) is 17.2. The van der Waals surface area contributed by atoms with Crippen LogP contribution in [0.4, 0.5) is 0 Å². The largest absolute Gasteiger partial charge is 0.347 e. The number of nitrogens with two attached hydrogens (primary N) is 1. The molecule has 3 N–H and O–H groups in total. The Morgan fingerprint density at radius 3 is 2.68 bits per heavy atom. The van der Waals surface area contributed by atoms with E-state index in [0.29, 0.717) is 18.7 Å². The van der Waals surface area contributed by atoms with Gasteiger partial charge in [0.1, 0.15) is 0 Å². The lowest BCUT2D eigenvalue weighted by Crippen LogP contribution is -2.22. The molecule has 0 aliphatic carbocycles. The molecule has 1 aromatic carbocycles. The van der Waals surface area contributed by atoms with Gasteiger partial charge in [-0.05, 0) is 37.6 Å². The van der Waals surface area contributed by atoms with Crippen LogP contribution in [0.15, 0.2) is 29.8 Å². The number of aromatic nitrogens is 1. The van der Waals surface area contributed by atoms with Crippen molar-refractivity contribution in [2.75, 3.05) is 6.54 Å². The van der Waals surface area contributed by atoms with Gasteiger partial charge in [-0.25, -0.2) is 4.98 Å². The minimum Gasteiger partial charge on any atom is -0.347 e. The highest BCUT2D eigenvalue weighted by Gasteiger charge is 2.07. The Kier molecular flexibility index (Phi) is 4.65. The Balaban J connectivity index is 1.94. The fourth-order valence-corrected chi connectivity index (χ4v) is 2.46. The molecule has 0 aliphatic heterocycles. The molecular weight excluding hydrogens is 258 g/mol. The second-order valence-electron chi connectivity index (χ2n) is 4.28. The molecule has 0 bridgehead atoms. The van der Waals surface area contributed by atoms with Gasteiger partial charge in [-0.2, -0.15) is 0 Å². The number of hydrogen-bond donors (Lipinski definition) is 2. The lowest BCUT2D eigenvalue weighted by molar-refractivity contribution is 0.0951. The van der Waals surface area contributed by atoms with E-state index in [2.05, 4.69) is 10.3 Å². The Morgan fingerprint density at radius 1 is 1.37 bits per heavy atom. The number of nitrogens with one attached hydrogen (secondary N) is 1. The highest BCUT2D eigenvalue weighted by atomic mass is 32.1. The number of amides is 1. The number of nitrogens with zero attached hydrogens (tertiary/aromatic N) is 1. The van der Waals surface area contributed by atoms with E-state index in [0.717, 1.165) is 22.6 Å². The van der Waals surface area contributed by atoms with Crippen LogP contribution < -0.4 is 11.1 Å². The van der Waals surface area contributed by atoms with Gasteiger partial charge in [0.15, 0.2) is 0 Å². The van der Waals surface area contributed by atoms with Crippen molar-refractivity contribution in [1.82, 2.24) is 10.3 Å². The number of benzene rings is 1. The molecule has 19 heavy (non-hydrogen) atoms. The van der Waals surface area contributed by atoms with Crippen molar-refractivity contribution in [3.05, 3.63) is 51.5 Å². The molecule has 5 heteroatoms. The van der Waals surface area contributed by atoms with Crippen molar-refractivity contribution in [3.63, 3.8) is 0 Å². The second kappa shape index (κ2) is 6.45. The van der Waals surface area contributed by atoms with E-state index < -0.39 is 0 Å². The van der Waals surface area contributed by atoms with Crippen LogP contribution in [0.2, 0.25) is 0 Å². The SMILES string of the molecule is Cc1ncsc1CNC(=O)c1ccc(CCN)cc1. The third-order valence-corrected chi connectivity index (χ3v) is 3.84. The van der Waals surface area contributed by atoms with Crippen LogP contribution in [0.25, 0.3) is 0 Å². The van der Waals surface area contributed by atoms with Gasteiger partial charge in [-0.3, -0.25) is 4.79 Å². The van der Waals surface area contributed by atoms with Crippen molar-refractivity contribution in [1.29, 1.82) is 0 Å². The van der Waals surface area contributed by atoms with Gasteiger partial charge < -0.3 is 11.1 Å². The standard InChI is InChI=1S/C14H17N3OS/c1-10-13(19-9-17-10)8-16-14(18)12-4-2-11(3-5-12)6-7-15/h2-5,9H,6-8,15H2,1H3,(H,16,18). The highest BCUT2D eigenvalue weighted by molar-refractivity contribution is 7.09. The van der Waals surface area contributed by atoms with Gasteiger partial charge in [0.05, 0.1) is 17.7 Å². The predicted molar refractivity (Wildman–Crippen MR) is 77.2 cm³/mol. The van der Waals surface area contributed by atoms with Crippen LogP contribution in [0.5, 0.6) is 0 Å². The minimum atomic E-state index is -0.0629. The molecule has 0 atom stereocenters. The summed E-state index contributed by atoms with van der Waals surface area (Å²) in [6, 6.07) is 7.55. The first-order valence-corrected chi connectivity index (χ1v) is 7.05. The Bertz CT molecular complexity index is 548. The summed E-state index contributed by atoms with van der Waals surface area (Å²) >= 11 is 1.56. The average Bonchev–Trinajstić information content (AvgIpc) is 2.83. The van der Waals surface area contributed by atoms with E-state index in [1.807, 2.05) is 31.2 Å². The van der Waals surface area contributed by atoms with Gasteiger partial charge >= 0.3 is 0 Å². The molecule has 0 saturated carbocycles. The number of aryl methyl sites for hydroxylation is 1. The highest BCUT2D eigenvalue weighted by Crippen LogP contribution is 2.12. The zero-order chi connectivity index (χ0) is 13.7. The first-order valence-electron chi connectivity index (χ1n) is 6.17. The number of hydrogen-bond acceptors (Lipinski definition) is 4. The summed E-state index contributed by atoms with van der Waals surface area (Å²) in [6.45, 7) is 3.09. The fourth-order valence-electron chi connectivity index (χ4n) is 1.75. The smallest absolute Gasteiger partial charge is 0.251 e. The lowest BCUT2D eigenvalue weighted by Gasteiger charge is -2.05. The maximum atomic E-state index is 12.0. The third-order valence-electron chi connectivity index (χ3n) is 2.90. The molecule has 0 fully saturated rings. The predicted octanol–water partition coefficient (Wildman–Crippen LogP) is 1.88. The lowest BCUT2D eigenvalue weighted by atomic mass is 10.1. The summed E-state index contributed by atoms with van der Waals surface area (Å²) in [7, 11) is 0. The average molecular weight is 275 g/mol. The molecule has 1 amide bonds. The molecule has 100 valence electrons. The minimum absolute atomic E-state index is 0.0629. The normalized spacial score (nSPS) is 10.4. The Morgan fingerprint density at radius 2 is 2.11 bits per heavy atom. The van der Waals surface area contributed by atoms with Crippen LogP contribution in [0, 0.1) is 6.92 Å². The van der Waals surface area contributed by atoms with E-state index in [9.17, 15) is 4.79 Å². The van der Waals surface area contributed by atoms with Gasteiger partial charge in [-0.15, -0.1) is 11.3 Å². The molecule has 0 saturated heterocycles. The van der Waals surface area contributed by atoms with Crippen LogP contribution in [-0.4, -0.2) is 17.4 Å². The molecule has 2 rings (SSSR count). The van der Waals surface area contributed by atoms with Crippen LogP contribution >= 0.6 is 11.3 Å². The molecular formula is C14H17N3OS. The molecule has 1 aromatic heterocycles. The van der Waals surface area contributed by atoms with Crippen molar-refractivity contribution >= 4 is 17.2 Å². The summed E-state index contributed by atoms with van der Waals surface area (Å²) < 4.78 is 0. The molecule has 1 heterocycles. The summed E-state index contributed by atoms with van der Waals surface area (Å²) in [5.41, 5.74) is 10.1. The zero-order valence-electron chi connectivity index (χ0n) is 10.8. The van der Waals surface area contributed by atoms with Gasteiger partial charge in [0.25, 0.3) is 5.91 Å². The quantitative estimate of drug-likeness (QED) is 0.875. The molecule has 0 unspecified atom stereocenters.